The number of nitrogens with zero attached hydrogens (tertiary/aromatic N) is 4. The van der Waals surface area contributed by atoms with Gasteiger partial charge in [-0.25, -0.2) is 9.59 Å². The third-order valence-corrected chi connectivity index (χ3v) is 10.7. The van der Waals surface area contributed by atoms with Crippen molar-refractivity contribution in [3.63, 3.8) is 0 Å². The second-order valence-electron chi connectivity index (χ2n) is 7.73. The molecule has 2 rings (SSSR count). The van der Waals surface area contributed by atoms with Crippen LogP contribution in [0.5, 0.6) is 0 Å². The van der Waals surface area contributed by atoms with E-state index < -0.39 is 80.2 Å². The Labute approximate surface area is 211 Å². The Morgan fingerprint density at radius 2 is 1.86 bits per heavy atom. The first-order valence-corrected chi connectivity index (χ1v) is 14.2. The van der Waals surface area contributed by atoms with E-state index in [2.05, 4.69) is 20.1 Å². The summed E-state index contributed by atoms with van der Waals surface area (Å²) in [5.41, 5.74) is 10.9. The molecule has 3 amide bonds. The van der Waals surface area contributed by atoms with Crippen LogP contribution in [0.2, 0.25) is 0 Å². The average molecular weight is 588 g/mol. The van der Waals surface area contributed by atoms with Crippen LogP contribution in [0.15, 0.2) is 16.4 Å². The first kappa shape index (κ1) is 30.6. The van der Waals surface area contributed by atoms with E-state index in [0.717, 1.165) is 11.8 Å². The summed E-state index contributed by atoms with van der Waals surface area (Å²) in [7, 11) is -11.3. The first-order valence-electron chi connectivity index (χ1n) is 9.96. The minimum absolute atomic E-state index is 0.00144. The number of amides is 3. The summed E-state index contributed by atoms with van der Waals surface area (Å²) in [5.74, 6) is -4.04. The number of hydrogen-bond donors (Lipinski definition) is 8. The van der Waals surface area contributed by atoms with Gasteiger partial charge in [0, 0.05) is 22.8 Å². The summed E-state index contributed by atoms with van der Waals surface area (Å²) in [5, 5.41) is 20.1. The van der Waals surface area contributed by atoms with E-state index in [-0.39, 0.29) is 24.3 Å². The van der Waals surface area contributed by atoms with Gasteiger partial charge in [0.1, 0.15) is 17.7 Å². The molecule has 0 aromatic heterocycles. The van der Waals surface area contributed by atoms with Crippen LogP contribution in [0.4, 0.5) is 4.79 Å². The van der Waals surface area contributed by atoms with Crippen LogP contribution >= 0.6 is 27.0 Å². The number of aliphatic carboxylic acids is 1. The topological polar surface area (TPSA) is 323 Å². The quantitative estimate of drug-likeness (QED) is 0.0249. The molecule has 2 atom stereocenters. The number of carbonyl (C=O) groups excluding carboxylic acids is 3. The lowest BCUT2D eigenvalue weighted by molar-refractivity contribution is -0.160. The molecule has 2 aliphatic heterocycles. The largest absolute Gasteiger partial charge is 0.477 e. The van der Waals surface area contributed by atoms with Crippen LogP contribution < -0.4 is 11.1 Å². The number of carbonyl (C=O) groups is 4. The van der Waals surface area contributed by atoms with E-state index in [9.17, 15) is 38.5 Å². The Morgan fingerprint density at radius 1 is 1.27 bits per heavy atom. The molecule has 1 fully saturated rings. The van der Waals surface area contributed by atoms with Gasteiger partial charge in [-0.3, -0.25) is 23.6 Å². The van der Waals surface area contributed by atoms with Gasteiger partial charge in [0.25, 0.3) is 11.0 Å². The number of aliphatic hydroxyl groups is 1. The zero-order valence-electron chi connectivity index (χ0n) is 18.5. The lowest BCUT2D eigenvalue weighted by Gasteiger charge is -2.53. The molecule has 0 aliphatic carbocycles. The van der Waals surface area contributed by atoms with Gasteiger partial charge in [0.2, 0.25) is 11.4 Å². The highest BCUT2D eigenvalue weighted by molar-refractivity contribution is 8.00. The van der Waals surface area contributed by atoms with E-state index >= 15 is 0 Å². The van der Waals surface area contributed by atoms with Crippen molar-refractivity contribution in [2.75, 3.05) is 18.9 Å². The van der Waals surface area contributed by atoms with Crippen molar-refractivity contribution >= 4 is 50.8 Å². The monoisotopic (exact) mass is 588 g/mol. The standard InChI is InChI=1S/C15H22N6O13P2S/c16-13(26)34-5-7-6-37-12-15(19-20-17,11(25)21(12)8(7)9(22)23)10(24)18-4-2-1-3-14(27,35(28,29)30)36(31,32)33/h12,27H,1-6H2,(H2,16,26)(H,18,24)(H,22,23)(H2,28,29,30)(H2,31,32,33)/t12-,15?/m0/s1. The number of hydrogen-bond acceptors (Lipinski definition) is 10. The van der Waals surface area contributed by atoms with Crippen molar-refractivity contribution in [1.29, 1.82) is 0 Å². The number of ether oxygens (including phenoxy) is 1. The number of azide groups is 1. The normalized spacial score (nSPS) is 21.9. The molecule has 0 aromatic rings. The Hall–Kier alpha value is -2.66. The molecule has 22 heteroatoms. The minimum Gasteiger partial charge on any atom is -0.477 e. The van der Waals surface area contributed by atoms with Crippen LogP contribution in [0, 0.1) is 0 Å². The van der Waals surface area contributed by atoms with Crippen molar-refractivity contribution in [3.05, 3.63) is 21.7 Å². The average Bonchev–Trinajstić information content (AvgIpc) is 2.77. The van der Waals surface area contributed by atoms with Crippen molar-refractivity contribution < 1.29 is 62.8 Å². The van der Waals surface area contributed by atoms with Gasteiger partial charge < -0.3 is 45.6 Å². The fourth-order valence-electron chi connectivity index (χ4n) is 3.57. The number of unbranched alkanes of at least 4 members (excludes halogenated alkanes) is 1. The second kappa shape index (κ2) is 11.0. The first-order chi connectivity index (χ1) is 17.0. The summed E-state index contributed by atoms with van der Waals surface area (Å²) < 4.78 is 27.3. The molecule has 0 radical (unpaired) electrons. The smallest absolute Gasteiger partial charge is 0.404 e. The van der Waals surface area contributed by atoms with Crippen LogP contribution in [-0.2, 0) is 28.3 Å². The lowest BCUT2D eigenvalue weighted by Crippen LogP contribution is -2.77. The van der Waals surface area contributed by atoms with Crippen LogP contribution in [0.3, 0.4) is 0 Å². The lowest BCUT2D eigenvalue weighted by atomic mass is 9.86. The molecular formula is C15H22N6O13P2S. The number of primary amides is 1. The Bertz CT molecular complexity index is 1160. The number of thioether (sulfide) groups is 1. The molecule has 0 spiro atoms. The van der Waals surface area contributed by atoms with Crippen LogP contribution in [-0.4, -0.2) is 93.5 Å². The van der Waals surface area contributed by atoms with Gasteiger partial charge in [0.05, 0.1) is 0 Å². The molecule has 0 saturated carbocycles. The molecule has 1 saturated heterocycles. The maximum atomic E-state index is 12.9. The molecule has 2 aliphatic rings. The number of nitrogens with two attached hydrogens (primary N) is 1. The molecule has 2 heterocycles. The van der Waals surface area contributed by atoms with Crippen LogP contribution in [0.25, 0.3) is 10.4 Å². The molecule has 37 heavy (non-hydrogen) atoms. The van der Waals surface area contributed by atoms with Gasteiger partial charge in [-0.1, -0.05) is 5.11 Å². The van der Waals surface area contributed by atoms with E-state index in [1.807, 2.05) is 0 Å². The number of β-lactam (4-membered cyclic amide) rings is 1. The summed E-state index contributed by atoms with van der Waals surface area (Å²) in [6.07, 6.45) is -2.81. The van der Waals surface area contributed by atoms with Gasteiger partial charge in [-0.15, -0.1) is 11.8 Å². The third-order valence-electron chi connectivity index (χ3n) is 5.43. The number of carboxylic acid groups (broad SMARTS) is 1. The maximum Gasteiger partial charge on any atom is 0.404 e. The molecule has 206 valence electrons. The highest BCUT2D eigenvalue weighted by Gasteiger charge is 2.69. The summed E-state index contributed by atoms with van der Waals surface area (Å²) in [6.45, 7) is -0.888. The SMILES string of the molecule is [N-]=[N+]=NC1(C(=O)NCCCCC(O)(P(=O)(O)O)P(=O)(O)O)C(=O)N2C(C(=O)O)=C(COC(N)=O)CS[C@H]21. The molecular weight excluding hydrogens is 566 g/mol. The van der Waals surface area contributed by atoms with Crippen molar-refractivity contribution in [2.24, 2.45) is 10.8 Å². The number of fused-ring (bicyclic) bond motifs is 1. The zero-order valence-corrected chi connectivity index (χ0v) is 21.1. The Balaban J connectivity index is 2.14. The summed E-state index contributed by atoms with van der Waals surface area (Å²) in [6, 6.07) is 0. The molecule has 0 bridgehead atoms. The van der Waals surface area contributed by atoms with Crippen molar-refractivity contribution in [3.8, 4) is 0 Å². The molecule has 19 nitrogen and oxygen atoms in total. The van der Waals surface area contributed by atoms with E-state index in [1.165, 1.54) is 0 Å². The van der Waals surface area contributed by atoms with E-state index in [4.69, 9.17) is 30.8 Å². The van der Waals surface area contributed by atoms with Gasteiger partial charge in [-0.05, 0) is 24.8 Å². The Kier molecular flexibility index (Phi) is 9.07. The fourth-order valence-corrected chi connectivity index (χ4v) is 7.26. The predicted molar refractivity (Wildman–Crippen MR) is 121 cm³/mol. The second-order valence-corrected chi connectivity index (χ2v) is 12.8. The highest BCUT2D eigenvalue weighted by atomic mass is 32.2. The minimum atomic E-state index is -5.65. The van der Waals surface area contributed by atoms with Crippen LogP contribution in [0.1, 0.15) is 19.3 Å². The predicted octanol–water partition coefficient (Wildman–Crippen LogP) is -1.33. The van der Waals surface area contributed by atoms with Crippen molar-refractivity contribution in [1.82, 2.24) is 10.2 Å². The van der Waals surface area contributed by atoms with E-state index in [0.29, 0.717) is 4.90 Å². The number of carboxylic acids is 1. The highest BCUT2D eigenvalue weighted by Crippen LogP contribution is 2.69. The van der Waals surface area contributed by atoms with Gasteiger partial charge in [-0.2, -0.15) is 0 Å². The Morgan fingerprint density at radius 3 is 2.35 bits per heavy atom. The zero-order chi connectivity index (χ0) is 28.4. The third kappa shape index (κ3) is 5.62. The van der Waals surface area contributed by atoms with Gasteiger partial charge >= 0.3 is 27.3 Å². The summed E-state index contributed by atoms with van der Waals surface area (Å²) in [4.78, 5) is 88.2. The summed E-state index contributed by atoms with van der Waals surface area (Å²) >= 11 is 0.845. The number of rotatable bonds is 12. The van der Waals surface area contributed by atoms with Gasteiger partial charge in [0.15, 0.2) is 0 Å². The maximum absolute atomic E-state index is 12.9. The number of nitrogens with one attached hydrogen (secondary N) is 1. The molecule has 9 N–H and O–H groups in total. The molecule has 1 unspecified atom stereocenters. The van der Waals surface area contributed by atoms with E-state index in [1.54, 1.807) is 0 Å². The van der Waals surface area contributed by atoms with Crippen molar-refractivity contribution in [2.45, 2.75) is 35.3 Å². The molecule has 0 aromatic carbocycles. The fraction of sp³-hybridized carbons (Fsp3) is 0.600.